The average molecular weight is 302 g/mol. The lowest BCUT2D eigenvalue weighted by atomic mass is 10.1. The molecule has 0 saturated carbocycles. The minimum Gasteiger partial charge on any atom is -0.381 e. The number of carbonyl (C=O) groups is 1. The first-order valence-electron chi connectivity index (χ1n) is 7.71. The van der Waals surface area contributed by atoms with E-state index in [9.17, 15) is 9.59 Å². The summed E-state index contributed by atoms with van der Waals surface area (Å²) in [6.07, 6.45) is 2.40. The molecule has 2 aromatic heterocycles. The molecule has 2 aromatic rings. The summed E-state index contributed by atoms with van der Waals surface area (Å²) in [6.45, 7) is 3.69. The summed E-state index contributed by atoms with van der Waals surface area (Å²) in [4.78, 5) is 30.2. The Labute approximate surface area is 126 Å². The van der Waals surface area contributed by atoms with Crippen LogP contribution in [0.3, 0.4) is 0 Å². The number of ether oxygens (including phenoxy) is 1. The molecule has 0 unspecified atom stereocenters. The van der Waals surface area contributed by atoms with E-state index in [4.69, 9.17) is 4.74 Å². The van der Waals surface area contributed by atoms with Crippen molar-refractivity contribution in [3.05, 3.63) is 33.4 Å². The van der Waals surface area contributed by atoms with Gasteiger partial charge in [-0.3, -0.25) is 9.59 Å². The zero-order valence-electron chi connectivity index (χ0n) is 12.5. The highest BCUT2D eigenvalue weighted by Crippen LogP contribution is 2.25. The van der Waals surface area contributed by atoms with Crippen LogP contribution in [0.15, 0.2) is 10.9 Å². The fourth-order valence-electron chi connectivity index (χ4n) is 3.29. The van der Waals surface area contributed by atoms with Crippen LogP contribution < -0.4 is 5.56 Å². The predicted molar refractivity (Wildman–Crippen MR) is 78.9 cm³/mol. The summed E-state index contributed by atoms with van der Waals surface area (Å²) in [5.74, 6) is -0.0826. The van der Waals surface area contributed by atoms with Gasteiger partial charge in [0, 0.05) is 25.3 Å². The lowest BCUT2D eigenvalue weighted by molar-refractivity contribution is 0.0301. The molecule has 1 amide bonds. The first-order chi connectivity index (χ1) is 10.7. The number of nitrogens with zero attached hydrogens (tertiary/aromatic N) is 3. The minimum atomic E-state index is -0.189. The van der Waals surface area contributed by atoms with Crippen LogP contribution in [0.2, 0.25) is 0 Å². The number of carbonyl (C=O) groups excluding carboxylic acids is 1. The fraction of sp³-hybridized carbons (Fsp3) is 0.533. The van der Waals surface area contributed by atoms with E-state index in [-0.39, 0.29) is 17.5 Å². The number of rotatable bonds is 2. The number of nitrogens with one attached hydrogen (secondary N) is 1. The molecule has 7 nitrogen and oxygen atoms in total. The van der Waals surface area contributed by atoms with E-state index < -0.39 is 0 Å². The van der Waals surface area contributed by atoms with Gasteiger partial charge in [-0.1, -0.05) is 6.92 Å². The second-order valence-electron chi connectivity index (χ2n) is 5.85. The van der Waals surface area contributed by atoms with Crippen LogP contribution in [0.1, 0.15) is 41.5 Å². The van der Waals surface area contributed by atoms with E-state index >= 15 is 0 Å². The average Bonchev–Trinajstić information content (AvgIpc) is 3.11. The van der Waals surface area contributed by atoms with Gasteiger partial charge in [-0.15, -0.1) is 0 Å². The minimum absolute atomic E-state index is 0.0826. The molecule has 4 heterocycles. The Hall–Kier alpha value is -2.15. The highest BCUT2D eigenvalue weighted by molar-refractivity contribution is 5.97. The van der Waals surface area contributed by atoms with E-state index in [2.05, 4.69) is 10.1 Å². The zero-order valence-corrected chi connectivity index (χ0v) is 12.5. The van der Waals surface area contributed by atoms with Crippen LogP contribution in [0, 0.1) is 0 Å². The van der Waals surface area contributed by atoms with Gasteiger partial charge in [0.1, 0.15) is 11.3 Å². The quantitative estimate of drug-likeness (QED) is 0.886. The number of hydrogen-bond acceptors (Lipinski definition) is 4. The molecule has 1 saturated heterocycles. The molecule has 7 heteroatoms. The zero-order chi connectivity index (χ0) is 15.3. The first-order valence-corrected chi connectivity index (χ1v) is 7.71. The monoisotopic (exact) mass is 302 g/mol. The normalized spacial score (nSPS) is 19.1. The molecule has 0 aliphatic carbocycles. The maximum atomic E-state index is 12.7. The summed E-state index contributed by atoms with van der Waals surface area (Å²) >= 11 is 0. The summed E-state index contributed by atoms with van der Waals surface area (Å²) in [6, 6.07) is 1.98. The van der Waals surface area contributed by atoms with Crippen molar-refractivity contribution in [3.8, 4) is 0 Å². The Morgan fingerprint density at radius 2 is 2.14 bits per heavy atom. The molecular formula is C15H18N4O3. The molecule has 0 bridgehead atoms. The highest BCUT2D eigenvalue weighted by Gasteiger charge is 2.36. The third-order valence-electron chi connectivity index (χ3n) is 4.56. The molecule has 22 heavy (non-hydrogen) atoms. The largest absolute Gasteiger partial charge is 0.381 e. The van der Waals surface area contributed by atoms with Crippen molar-refractivity contribution in [3.63, 3.8) is 0 Å². The van der Waals surface area contributed by atoms with Crippen molar-refractivity contribution in [2.45, 2.75) is 38.8 Å². The van der Waals surface area contributed by atoms with Crippen molar-refractivity contribution < 1.29 is 9.53 Å². The number of hydrogen-bond donors (Lipinski definition) is 1. The van der Waals surface area contributed by atoms with Crippen molar-refractivity contribution in [1.29, 1.82) is 0 Å². The highest BCUT2D eigenvalue weighted by atomic mass is 16.5. The van der Waals surface area contributed by atoms with E-state index in [0.717, 1.165) is 25.0 Å². The van der Waals surface area contributed by atoms with E-state index in [1.165, 1.54) is 4.52 Å². The summed E-state index contributed by atoms with van der Waals surface area (Å²) < 4.78 is 6.72. The lowest BCUT2D eigenvalue weighted by Gasteiger charge is -2.30. The maximum Gasteiger partial charge on any atom is 0.280 e. The smallest absolute Gasteiger partial charge is 0.280 e. The number of aryl methyl sites for hydroxylation is 1. The standard InChI is InChI=1S/C15H18N4O3/c1-2-9-7-12-16-13-11(14(20)19(12)17-9)8-18(15(13)21)10-3-5-22-6-4-10/h7,10,16H,2-6,8H2,1H3. The van der Waals surface area contributed by atoms with E-state index in [0.29, 0.717) is 36.7 Å². The summed E-state index contributed by atoms with van der Waals surface area (Å²) in [5, 5.41) is 4.29. The molecule has 0 spiro atoms. The second kappa shape index (κ2) is 4.95. The fourth-order valence-corrected chi connectivity index (χ4v) is 3.29. The van der Waals surface area contributed by atoms with Crippen LogP contribution in [-0.4, -0.2) is 44.7 Å². The molecule has 0 aromatic carbocycles. The lowest BCUT2D eigenvalue weighted by Crippen LogP contribution is -2.39. The van der Waals surface area contributed by atoms with Crippen LogP contribution in [0.5, 0.6) is 0 Å². The Morgan fingerprint density at radius 3 is 2.86 bits per heavy atom. The van der Waals surface area contributed by atoms with Crippen LogP contribution in [0.25, 0.3) is 5.65 Å². The van der Waals surface area contributed by atoms with Crippen molar-refractivity contribution in [2.75, 3.05) is 13.2 Å². The molecule has 2 aliphatic heterocycles. The van der Waals surface area contributed by atoms with Gasteiger partial charge in [0.05, 0.1) is 17.8 Å². The Morgan fingerprint density at radius 1 is 1.36 bits per heavy atom. The number of amides is 1. The molecule has 0 atom stereocenters. The topological polar surface area (TPSA) is 79.7 Å². The summed E-state index contributed by atoms with van der Waals surface area (Å²) in [5.41, 5.74) is 2.18. The number of aromatic amines is 1. The second-order valence-corrected chi connectivity index (χ2v) is 5.85. The predicted octanol–water partition coefficient (Wildman–Crippen LogP) is 0.720. The Kier molecular flexibility index (Phi) is 3.04. The number of aromatic nitrogens is 3. The van der Waals surface area contributed by atoms with Gasteiger partial charge in [-0.2, -0.15) is 9.61 Å². The van der Waals surface area contributed by atoms with Crippen molar-refractivity contribution in [1.82, 2.24) is 19.5 Å². The van der Waals surface area contributed by atoms with Gasteiger partial charge >= 0.3 is 0 Å². The van der Waals surface area contributed by atoms with E-state index in [1.807, 2.05) is 13.0 Å². The maximum absolute atomic E-state index is 12.7. The van der Waals surface area contributed by atoms with Gasteiger partial charge in [0.15, 0.2) is 0 Å². The van der Waals surface area contributed by atoms with Crippen LogP contribution in [0.4, 0.5) is 0 Å². The number of H-pyrrole nitrogens is 1. The molecule has 4 rings (SSSR count). The van der Waals surface area contributed by atoms with Gasteiger partial charge in [-0.05, 0) is 19.3 Å². The molecule has 1 N–H and O–H groups in total. The van der Waals surface area contributed by atoms with Crippen LogP contribution in [-0.2, 0) is 17.7 Å². The van der Waals surface area contributed by atoms with E-state index in [1.54, 1.807) is 4.90 Å². The van der Waals surface area contributed by atoms with Crippen molar-refractivity contribution >= 4 is 11.6 Å². The van der Waals surface area contributed by atoms with Gasteiger partial charge in [-0.25, -0.2) is 0 Å². The molecule has 1 fully saturated rings. The van der Waals surface area contributed by atoms with Crippen molar-refractivity contribution in [2.24, 2.45) is 0 Å². The third kappa shape index (κ3) is 1.89. The van der Waals surface area contributed by atoms with Gasteiger partial charge in [0.25, 0.3) is 11.5 Å². The molecule has 116 valence electrons. The molecule has 0 radical (unpaired) electrons. The first kappa shape index (κ1) is 13.5. The number of fused-ring (bicyclic) bond motifs is 2. The van der Waals surface area contributed by atoms with Gasteiger partial charge < -0.3 is 14.6 Å². The third-order valence-corrected chi connectivity index (χ3v) is 4.56. The molecular weight excluding hydrogens is 284 g/mol. The molecule has 2 aliphatic rings. The van der Waals surface area contributed by atoms with Crippen LogP contribution >= 0.6 is 0 Å². The SMILES string of the molecule is CCc1cc2[nH]c3c(c(=O)n2n1)CN(C1CCOCC1)C3=O. The summed E-state index contributed by atoms with van der Waals surface area (Å²) in [7, 11) is 0. The van der Waals surface area contributed by atoms with Gasteiger partial charge in [0.2, 0.25) is 0 Å². The Balaban J connectivity index is 1.77. The Bertz CT molecular complexity index is 801.